The standard InChI is InChI=1S/C5H6F3NO2S/c6-5(7,8)12(11)9-3-1-2-4(9)10/h1-3H2. The van der Waals surface area contributed by atoms with E-state index in [2.05, 4.69) is 0 Å². The van der Waals surface area contributed by atoms with Crippen LogP contribution in [0, 0.1) is 0 Å². The molecule has 1 amide bonds. The molecule has 1 fully saturated rings. The van der Waals surface area contributed by atoms with Gasteiger partial charge in [-0.15, -0.1) is 13.2 Å². The second-order valence-corrected chi connectivity index (χ2v) is 3.70. The smallest absolute Gasteiger partial charge is 0.585 e. The first-order valence-corrected chi connectivity index (χ1v) is 4.32. The molecular formula is C5H6F3NO2S. The number of carbonyl (C=O) groups excluding carboxylic acids is 1. The first kappa shape index (κ1) is 9.66. The number of hydrogen-bond donors (Lipinski definition) is 0. The van der Waals surface area contributed by atoms with Crippen molar-refractivity contribution in [3.63, 3.8) is 0 Å². The predicted octanol–water partition coefficient (Wildman–Crippen LogP) is 0.792. The van der Waals surface area contributed by atoms with Crippen molar-refractivity contribution in [2.24, 2.45) is 0 Å². The molecule has 12 heavy (non-hydrogen) atoms. The Bertz CT molecular complexity index is 196. The SMILES string of the molecule is O=C1CCCN1[S+]([O-])C(F)(F)F. The lowest BCUT2D eigenvalue weighted by Gasteiger charge is -2.19. The van der Waals surface area contributed by atoms with Gasteiger partial charge in [-0.3, -0.25) is 4.79 Å². The fourth-order valence-electron chi connectivity index (χ4n) is 0.924. The summed E-state index contributed by atoms with van der Waals surface area (Å²) < 4.78 is 46.3. The van der Waals surface area contributed by atoms with Gasteiger partial charge in [0.2, 0.25) is 0 Å². The highest BCUT2D eigenvalue weighted by Gasteiger charge is 2.52. The molecule has 0 radical (unpaired) electrons. The van der Waals surface area contributed by atoms with Crippen LogP contribution in [0.4, 0.5) is 13.2 Å². The van der Waals surface area contributed by atoms with Crippen molar-refractivity contribution in [2.45, 2.75) is 18.3 Å². The van der Waals surface area contributed by atoms with E-state index in [0.717, 1.165) is 0 Å². The van der Waals surface area contributed by atoms with Crippen LogP contribution >= 0.6 is 0 Å². The molecule has 1 atom stereocenters. The zero-order valence-electron chi connectivity index (χ0n) is 5.93. The zero-order chi connectivity index (χ0) is 9.35. The minimum atomic E-state index is -4.82. The van der Waals surface area contributed by atoms with E-state index >= 15 is 0 Å². The number of rotatable bonds is 1. The summed E-state index contributed by atoms with van der Waals surface area (Å²) in [6.07, 6.45) is 0.405. The number of carbonyl (C=O) groups is 1. The minimum Gasteiger partial charge on any atom is -0.585 e. The lowest BCUT2D eigenvalue weighted by molar-refractivity contribution is -0.125. The molecule has 0 saturated carbocycles. The number of alkyl halides is 3. The van der Waals surface area contributed by atoms with Gasteiger partial charge in [0.05, 0.1) is 6.54 Å². The molecule has 1 heterocycles. The third-order valence-corrected chi connectivity index (χ3v) is 2.61. The first-order valence-electron chi connectivity index (χ1n) is 3.22. The molecule has 0 bridgehead atoms. The first-order chi connectivity index (χ1) is 5.43. The van der Waals surface area contributed by atoms with Crippen LogP contribution in [0.3, 0.4) is 0 Å². The number of amides is 1. The van der Waals surface area contributed by atoms with Gasteiger partial charge >= 0.3 is 5.51 Å². The summed E-state index contributed by atoms with van der Waals surface area (Å²) in [6, 6.07) is 0. The second kappa shape index (κ2) is 3.14. The Morgan fingerprint density at radius 2 is 2.08 bits per heavy atom. The molecule has 1 saturated heterocycles. The van der Waals surface area contributed by atoms with E-state index in [1.165, 1.54) is 0 Å². The highest BCUT2D eigenvalue weighted by atomic mass is 32.2. The number of hydrogen-bond acceptors (Lipinski definition) is 2. The van der Waals surface area contributed by atoms with Crippen LogP contribution in [0.5, 0.6) is 0 Å². The molecule has 0 aliphatic carbocycles. The van der Waals surface area contributed by atoms with E-state index in [4.69, 9.17) is 0 Å². The van der Waals surface area contributed by atoms with Crippen LogP contribution in [0.25, 0.3) is 0 Å². The van der Waals surface area contributed by atoms with Crippen LogP contribution in [0.1, 0.15) is 12.8 Å². The van der Waals surface area contributed by atoms with Crippen molar-refractivity contribution < 1.29 is 22.5 Å². The molecule has 1 unspecified atom stereocenters. The van der Waals surface area contributed by atoms with Crippen molar-refractivity contribution in [1.82, 2.24) is 4.31 Å². The molecule has 0 aromatic rings. The monoisotopic (exact) mass is 201 g/mol. The van der Waals surface area contributed by atoms with Crippen LogP contribution in [0.15, 0.2) is 0 Å². The van der Waals surface area contributed by atoms with Gasteiger partial charge in [0.15, 0.2) is 11.4 Å². The normalized spacial score (nSPS) is 21.7. The number of halogens is 3. The zero-order valence-corrected chi connectivity index (χ0v) is 6.74. The summed E-state index contributed by atoms with van der Waals surface area (Å²) in [5.41, 5.74) is -4.82. The molecule has 0 N–H and O–H groups in total. The molecule has 7 heteroatoms. The summed E-state index contributed by atoms with van der Waals surface area (Å²) in [7, 11) is 0. The third kappa shape index (κ3) is 1.84. The fraction of sp³-hybridized carbons (Fsp3) is 0.800. The van der Waals surface area contributed by atoms with Crippen molar-refractivity contribution in [2.75, 3.05) is 6.54 Å². The molecule has 0 aromatic heterocycles. The molecule has 3 nitrogen and oxygen atoms in total. The maximum absolute atomic E-state index is 11.8. The lowest BCUT2D eigenvalue weighted by Crippen LogP contribution is -2.41. The molecule has 1 rings (SSSR count). The van der Waals surface area contributed by atoms with Gasteiger partial charge in [0.1, 0.15) is 0 Å². The van der Waals surface area contributed by atoms with Crippen LogP contribution in [-0.2, 0) is 16.2 Å². The highest BCUT2D eigenvalue weighted by molar-refractivity contribution is 7.90. The Kier molecular flexibility index (Phi) is 2.52. The van der Waals surface area contributed by atoms with Gasteiger partial charge in [0, 0.05) is 6.42 Å². The minimum absolute atomic E-state index is 0.0574. The predicted molar refractivity (Wildman–Crippen MR) is 35.1 cm³/mol. The Morgan fingerprint density at radius 1 is 1.50 bits per heavy atom. The van der Waals surface area contributed by atoms with Gasteiger partial charge in [-0.25, -0.2) is 0 Å². The largest absolute Gasteiger partial charge is 0.598 e. The van der Waals surface area contributed by atoms with Crippen molar-refractivity contribution >= 4 is 17.3 Å². The van der Waals surface area contributed by atoms with Crippen LogP contribution < -0.4 is 0 Å². The summed E-state index contributed by atoms with van der Waals surface area (Å²) in [5.74, 6) is -0.689. The van der Waals surface area contributed by atoms with Crippen molar-refractivity contribution in [3.8, 4) is 0 Å². The topological polar surface area (TPSA) is 43.4 Å². The van der Waals surface area contributed by atoms with E-state index in [9.17, 15) is 22.5 Å². The van der Waals surface area contributed by atoms with Gasteiger partial charge in [0.25, 0.3) is 5.91 Å². The van der Waals surface area contributed by atoms with Gasteiger partial charge in [-0.2, -0.15) is 4.31 Å². The molecule has 0 spiro atoms. The summed E-state index contributed by atoms with van der Waals surface area (Å²) in [5, 5.41) is 0. The van der Waals surface area contributed by atoms with E-state index < -0.39 is 22.8 Å². The van der Waals surface area contributed by atoms with Crippen molar-refractivity contribution in [1.29, 1.82) is 0 Å². The van der Waals surface area contributed by atoms with Gasteiger partial charge in [-0.05, 0) is 6.42 Å². The van der Waals surface area contributed by atoms with E-state index in [1.807, 2.05) is 0 Å². The van der Waals surface area contributed by atoms with E-state index in [1.54, 1.807) is 0 Å². The quantitative estimate of drug-likeness (QED) is 0.589. The van der Waals surface area contributed by atoms with E-state index in [0.29, 0.717) is 10.7 Å². The average molecular weight is 201 g/mol. The van der Waals surface area contributed by atoms with Gasteiger partial charge < -0.3 is 4.55 Å². The lowest BCUT2D eigenvalue weighted by atomic mass is 10.4. The summed E-state index contributed by atoms with van der Waals surface area (Å²) in [4.78, 5) is 10.7. The van der Waals surface area contributed by atoms with Crippen LogP contribution in [0.2, 0.25) is 0 Å². The molecule has 1 aliphatic rings. The Labute approximate surface area is 69.8 Å². The van der Waals surface area contributed by atoms with Gasteiger partial charge in [-0.1, -0.05) is 0 Å². The third-order valence-electron chi connectivity index (χ3n) is 1.43. The Morgan fingerprint density at radius 3 is 2.42 bits per heavy atom. The molecule has 1 aliphatic heterocycles. The fourth-order valence-corrected chi connectivity index (χ4v) is 1.74. The average Bonchev–Trinajstić information content (AvgIpc) is 2.31. The van der Waals surface area contributed by atoms with E-state index in [-0.39, 0.29) is 13.0 Å². The molecule has 0 aromatic carbocycles. The summed E-state index contributed by atoms with van der Waals surface area (Å²) in [6.45, 7) is -0.0645. The summed E-state index contributed by atoms with van der Waals surface area (Å²) >= 11 is -3.16. The van der Waals surface area contributed by atoms with Crippen molar-refractivity contribution in [3.05, 3.63) is 0 Å². The van der Waals surface area contributed by atoms with Crippen LogP contribution in [-0.4, -0.2) is 26.8 Å². The molecule has 70 valence electrons. The maximum Gasteiger partial charge on any atom is 0.598 e. The Hall–Kier alpha value is -0.430. The second-order valence-electron chi connectivity index (χ2n) is 2.29. The highest BCUT2D eigenvalue weighted by Crippen LogP contribution is 2.29. The number of nitrogens with zero attached hydrogens (tertiary/aromatic N) is 1. The maximum atomic E-state index is 11.8. The molecular weight excluding hydrogens is 195 g/mol. The Balaban J connectivity index is 2.63.